The number of benzene rings is 1. The van der Waals surface area contributed by atoms with E-state index in [0.717, 1.165) is 5.69 Å². The van der Waals surface area contributed by atoms with Crippen LogP contribution in [0.25, 0.3) is 0 Å². The van der Waals surface area contributed by atoms with Crippen LogP contribution in [0.4, 0.5) is 5.69 Å². The number of hydrogen-bond donors (Lipinski definition) is 1. The fourth-order valence-electron chi connectivity index (χ4n) is 2.09. The molecule has 0 saturated carbocycles. The zero-order chi connectivity index (χ0) is 14.5. The van der Waals surface area contributed by atoms with E-state index in [-0.39, 0.29) is 0 Å². The SMILES string of the molecule is COc1cccc(C#N)c1NCc1cncn1C(C)C. The van der Waals surface area contributed by atoms with Gasteiger partial charge in [0, 0.05) is 12.2 Å². The molecule has 0 spiro atoms. The number of nitrogens with one attached hydrogen (secondary N) is 1. The van der Waals surface area contributed by atoms with Crippen LogP contribution in [0.3, 0.4) is 0 Å². The summed E-state index contributed by atoms with van der Waals surface area (Å²) in [5, 5.41) is 12.4. The summed E-state index contributed by atoms with van der Waals surface area (Å²) in [7, 11) is 1.60. The molecule has 0 unspecified atom stereocenters. The van der Waals surface area contributed by atoms with E-state index < -0.39 is 0 Å². The molecule has 20 heavy (non-hydrogen) atoms. The Morgan fingerprint density at radius 3 is 2.90 bits per heavy atom. The average Bonchev–Trinajstić information content (AvgIpc) is 2.93. The zero-order valence-electron chi connectivity index (χ0n) is 11.9. The van der Waals surface area contributed by atoms with E-state index in [9.17, 15) is 5.26 Å². The van der Waals surface area contributed by atoms with Crippen LogP contribution in [0.2, 0.25) is 0 Å². The molecule has 2 aromatic rings. The predicted octanol–water partition coefficient (Wildman–Crippen LogP) is 2.96. The van der Waals surface area contributed by atoms with Gasteiger partial charge in [-0.15, -0.1) is 0 Å². The first-order valence-electron chi connectivity index (χ1n) is 6.49. The summed E-state index contributed by atoms with van der Waals surface area (Å²) in [4.78, 5) is 4.17. The quantitative estimate of drug-likeness (QED) is 0.907. The van der Waals surface area contributed by atoms with E-state index in [1.54, 1.807) is 19.2 Å². The molecule has 0 fully saturated rings. The lowest BCUT2D eigenvalue weighted by Gasteiger charge is -2.15. The van der Waals surface area contributed by atoms with Crippen LogP contribution in [0.5, 0.6) is 5.75 Å². The van der Waals surface area contributed by atoms with Gasteiger partial charge >= 0.3 is 0 Å². The minimum atomic E-state index is 0.349. The molecule has 5 heteroatoms. The van der Waals surface area contributed by atoms with Crippen molar-refractivity contribution in [1.29, 1.82) is 5.26 Å². The molecule has 0 aliphatic rings. The molecule has 0 atom stereocenters. The number of imidazole rings is 1. The first-order valence-corrected chi connectivity index (χ1v) is 6.49. The van der Waals surface area contributed by atoms with Gasteiger partial charge in [0.1, 0.15) is 11.8 Å². The summed E-state index contributed by atoms with van der Waals surface area (Å²) in [6, 6.07) is 7.93. The average molecular weight is 270 g/mol. The molecule has 104 valence electrons. The van der Waals surface area contributed by atoms with E-state index in [2.05, 4.69) is 34.8 Å². The van der Waals surface area contributed by atoms with Crippen LogP contribution >= 0.6 is 0 Å². The number of para-hydroxylation sites is 1. The third kappa shape index (κ3) is 2.75. The summed E-state index contributed by atoms with van der Waals surface area (Å²) in [6.07, 6.45) is 3.64. The number of anilines is 1. The van der Waals surface area contributed by atoms with Gasteiger partial charge in [-0.25, -0.2) is 4.98 Å². The van der Waals surface area contributed by atoms with Crippen molar-refractivity contribution in [3.63, 3.8) is 0 Å². The molecular formula is C15H18N4O. The van der Waals surface area contributed by atoms with Crippen molar-refractivity contribution in [2.45, 2.75) is 26.4 Å². The maximum atomic E-state index is 9.18. The lowest BCUT2D eigenvalue weighted by atomic mass is 10.1. The normalized spacial score (nSPS) is 10.3. The molecule has 2 rings (SSSR count). The molecule has 0 saturated heterocycles. The van der Waals surface area contributed by atoms with Crippen molar-refractivity contribution >= 4 is 5.69 Å². The molecule has 0 bridgehead atoms. The van der Waals surface area contributed by atoms with Crippen molar-refractivity contribution in [3.8, 4) is 11.8 Å². The smallest absolute Gasteiger partial charge is 0.143 e. The van der Waals surface area contributed by atoms with Crippen LogP contribution in [0, 0.1) is 11.3 Å². The molecule has 0 aliphatic carbocycles. The highest BCUT2D eigenvalue weighted by Crippen LogP contribution is 2.28. The van der Waals surface area contributed by atoms with E-state index in [0.29, 0.717) is 29.6 Å². The van der Waals surface area contributed by atoms with Gasteiger partial charge in [0.05, 0.1) is 36.9 Å². The van der Waals surface area contributed by atoms with Gasteiger partial charge in [-0.1, -0.05) is 6.07 Å². The Labute approximate surface area is 118 Å². The van der Waals surface area contributed by atoms with Crippen molar-refractivity contribution in [1.82, 2.24) is 9.55 Å². The number of aromatic nitrogens is 2. The maximum absolute atomic E-state index is 9.18. The highest BCUT2D eigenvalue weighted by atomic mass is 16.5. The number of methoxy groups -OCH3 is 1. The highest BCUT2D eigenvalue weighted by Gasteiger charge is 2.10. The van der Waals surface area contributed by atoms with Crippen molar-refractivity contribution < 1.29 is 4.74 Å². The second-order valence-electron chi connectivity index (χ2n) is 4.73. The van der Waals surface area contributed by atoms with Crippen molar-refractivity contribution in [2.75, 3.05) is 12.4 Å². The van der Waals surface area contributed by atoms with Gasteiger partial charge in [0.15, 0.2) is 0 Å². The standard InChI is InChI=1S/C15H18N4O/c1-11(2)19-10-17-8-13(19)9-18-15-12(7-16)5-4-6-14(15)20-3/h4-6,8,10-11,18H,9H2,1-3H3. The molecule has 5 nitrogen and oxygen atoms in total. The molecule has 0 radical (unpaired) electrons. The summed E-state index contributed by atoms with van der Waals surface area (Å²) in [6.45, 7) is 4.80. The van der Waals surface area contributed by atoms with Crippen LogP contribution in [0.15, 0.2) is 30.7 Å². The molecule has 1 aromatic heterocycles. The third-order valence-electron chi connectivity index (χ3n) is 3.12. The second-order valence-corrected chi connectivity index (χ2v) is 4.73. The monoisotopic (exact) mass is 270 g/mol. The largest absolute Gasteiger partial charge is 0.495 e. The Morgan fingerprint density at radius 2 is 2.25 bits per heavy atom. The molecular weight excluding hydrogens is 252 g/mol. The van der Waals surface area contributed by atoms with Crippen molar-refractivity contribution in [3.05, 3.63) is 42.0 Å². The molecule has 1 aromatic carbocycles. The maximum Gasteiger partial charge on any atom is 0.143 e. The fourth-order valence-corrected chi connectivity index (χ4v) is 2.09. The topological polar surface area (TPSA) is 62.9 Å². The van der Waals surface area contributed by atoms with Crippen LogP contribution < -0.4 is 10.1 Å². The summed E-state index contributed by atoms with van der Waals surface area (Å²) in [5.41, 5.74) is 2.35. The molecule has 0 aliphatic heterocycles. The van der Waals surface area contributed by atoms with Crippen LogP contribution in [0.1, 0.15) is 31.1 Å². The minimum Gasteiger partial charge on any atom is -0.495 e. The van der Waals surface area contributed by atoms with E-state index in [1.165, 1.54) is 0 Å². The second kappa shape index (κ2) is 6.11. The third-order valence-corrected chi connectivity index (χ3v) is 3.12. The fraction of sp³-hybridized carbons (Fsp3) is 0.333. The number of nitriles is 1. The highest BCUT2D eigenvalue weighted by molar-refractivity contribution is 5.66. The van der Waals surface area contributed by atoms with Gasteiger partial charge in [-0.2, -0.15) is 5.26 Å². The van der Waals surface area contributed by atoms with E-state index in [1.807, 2.05) is 18.6 Å². The van der Waals surface area contributed by atoms with Crippen LogP contribution in [-0.2, 0) is 6.54 Å². The number of ether oxygens (including phenoxy) is 1. The Hall–Kier alpha value is -2.48. The summed E-state index contributed by atoms with van der Waals surface area (Å²) >= 11 is 0. The number of hydrogen-bond acceptors (Lipinski definition) is 4. The van der Waals surface area contributed by atoms with Gasteiger partial charge < -0.3 is 14.6 Å². The Kier molecular flexibility index (Phi) is 4.26. The van der Waals surface area contributed by atoms with Crippen LogP contribution in [-0.4, -0.2) is 16.7 Å². The first kappa shape index (κ1) is 13.9. The lowest BCUT2D eigenvalue weighted by molar-refractivity contribution is 0.416. The number of rotatable bonds is 5. The zero-order valence-corrected chi connectivity index (χ0v) is 11.9. The van der Waals surface area contributed by atoms with E-state index >= 15 is 0 Å². The Balaban J connectivity index is 2.23. The van der Waals surface area contributed by atoms with Gasteiger partial charge in [-0.05, 0) is 26.0 Å². The van der Waals surface area contributed by atoms with Gasteiger partial charge in [0.25, 0.3) is 0 Å². The predicted molar refractivity (Wildman–Crippen MR) is 77.6 cm³/mol. The Morgan fingerprint density at radius 1 is 1.45 bits per heavy atom. The molecule has 1 N–H and O–H groups in total. The van der Waals surface area contributed by atoms with Gasteiger partial charge in [-0.3, -0.25) is 0 Å². The first-order chi connectivity index (χ1) is 9.67. The van der Waals surface area contributed by atoms with Gasteiger partial charge in [0.2, 0.25) is 0 Å². The molecule has 1 heterocycles. The van der Waals surface area contributed by atoms with E-state index in [4.69, 9.17) is 4.74 Å². The lowest BCUT2D eigenvalue weighted by Crippen LogP contribution is -2.10. The number of nitrogens with zero attached hydrogens (tertiary/aromatic N) is 3. The Bertz CT molecular complexity index is 625. The summed E-state index contributed by atoms with van der Waals surface area (Å²) < 4.78 is 7.39. The summed E-state index contributed by atoms with van der Waals surface area (Å²) in [5.74, 6) is 0.666. The minimum absolute atomic E-state index is 0.349. The molecule has 0 amide bonds. The van der Waals surface area contributed by atoms with Crippen molar-refractivity contribution in [2.24, 2.45) is 0 Å².